The number of aromatic nitrogens is 2. The van der Waals surface area contributed by atoms with Crippen molar-refractivity contribution in [3.05, 3.63) is 30.3 Å². The Hall–Kier alpha value is -1.87. The maximum absolute atomic E-state index is 12.7. The van der Waals surface area contributed by atoms with Crippen molar-refractivity contribution in [2.75, 3.05) is 23.8 Å². The lowest BCUT2D eigenvalue weighted by atomic mass is 10.1. The molecular formula is C18H23N3O4S2. The van der Waals surface area contributed by atoms with E-state index in [4.69, 9.17) is 4.42 Å². The highest BCUT2D eigenvalue weighted by molar-refractivity contribution is 7.99. The van der Waals surface area contributed by atoms with Gasteiger partial charge in [-0.3, -0.25) is 4.79 Å². The van der Waals surface area contributed by atoms with Crippen molar-refractivity contribution in [3.8, 4) is 11.5 Å². The maximum Gasteiger partial charge on any atom is 0.277 e. The minimum absolute atomic E-state index is 0.0504. The molecule has 2 heterocycles. The predicted molar refractivity (Wildman–Crippen MR) is 104 cm³/mol. The van der Waals surface area contributed by atoms with Crippen LogP contribution in [-0.4, -0.2) is 59.3 Å². The first-order chi connectivity index (χ1) is 12.8. The molecule has 3 rings (SSSR count). The largest absolute Gasteiger partial charge is 0.411 e. The van der Waals surface area contributed by atoms with Gasteiger partial charge in [0.2, 0.25) is 11.8 Å². The molecule has 2 aromatic rings. The molecule has 1 aliphatic rings. The molecule has 1 saturated heterocycles. The highest BCUT2D eigenvalue weighted by atomic mass is 32.2. The summed E-state index contributed by atoms with van der Waals surface area (Å²) in [6.07, 6.45) is 0.504. The minimum atomic E-state index is -3.05. The number of carbonyl (C=O) groups is 1. The van der Waals surface area contributed by atoms with Crippen molar-refractivity contribution < 1.29 is 17.6 Å². The van der Waals surface area contributed by atoms with E-state index >= 15 is 0 Å². The van der Waals surface area contributed by atoms with E-state index in [0.29, 0.717) is 24.1 Å². The lowest BCUT2D eigenvalue weighted by Gasteiger charge is -2.29. The van der Waals surface area contributed by atoms with Gasteiger partial charge in [-0.1, -0.05) is 43.8 Å². The molecule has 1 aromatic carbocycles. The van der Waals surface area contributed by atoms with Crippen LogP contribution in [0.15, 0.2) is 40.0 Å². The third-order valence-electron chi connectivity index (χ3n) is 4.28. The summed E-state index contributed by atoms with van der Waals surface area (Å²) in [7, 11) is -3.05. The number of hydrogen-bond acceptors (Lipinski definition) is 7. The number of thioether (sulfide) groups is 1. The zero-order chi connectivity index (χ0) is 19.4. The molecule has 0 unspecified atom stereocenters. The fraction of sp³-hybridized carbons (Fsp3) is 0.500. The van der Waals surface area contributed by atoms with Crippen molar-refractivity contribution in [1.29, 1.82) is 0 Å². The van der Waals surface area contributed by atoms with Gasteiger partial charge in [-0.25, -0.2) is 8.42 Å². The molecule has 1 amide bonds. The first-order valence-electron chi connectivity index (χ1n) is 8.85. The number of nitrogens with zero attached hydrogens (tertiary/aromatic N) is 3. The molecule has 1 aliphatic heterocycles. The van der Waals surface area contributed by atoms with Gasteiger partial charge in [0.05, 0.1) is 17.3 Å². The maximum atomic E-state index is 12.7. The summed E-state index contributed by atoms with van der Waals surface area (Å²) < 4.78 is 29.2. The third kappa shape index (κ3) is 5.32. The van der Waals surface area contributed by atoms with Crippen LogP contribution in [0.2, 0.25) is 0 Å². The Morgan fingerprint density at radius 3 is 2.67 bits per heavy atom. The Morgan fingerprint density at radius 1 is 1.30 bits per heavy atom. The zero-order valence-corrected chi connectivity index (χ0v) is 17.0. The first-order valence-corrected chi connectivity index (χ1v) is 11.7. The second kappa shape index (κ2) is 8.43. The van der Waals surface area contributed by atoms with Crippen LogP contribution in [0.1, 0.15) is 20.3 Å². The molecule has 0 spiro atoms. The van der Waals surface area contributed by atoms with Gasteiger partial charge in [0.1, 0.15) is 0 Å². The summed E-state index contributed by atoms with van der Waals surface area (Å²) in [4.78, 5) is 14.5. The molecule has 0 N–H and O–H groups in total. The minimum Gasteiger partial charge on any atom is -0.411 e. The second-order valence-electron chi connectivity index (χ2n) is 7.02. The van der Waals surface area contributed by atoms with E-state index in [1.54, 1.807) is 4.90 Å². The Balaban J connectivity index is 1.63. The summed E-state index contributed by atoms with van der Waals surface area (Å²) >= 11 is 1.18. The number of sulfone groups is 1. The molecule has 1 aromatic heterocycles. The van der Waals surface area contributed by atoms with Crippen LogP contribution in [0, 0.1) is 5.92 Å². The van der Waals surface area contributed by atoms with Crippen molar-refractivity contribution in [3.63, 3.8) is 0 Å². The van der Waals surface area contributed by atoms with Crippen LogP contribution in [0.25, 0.3) is 11.5 Å². The van der Waals surface area contributed by atoms with Gasteiger partial charge in [-0.15, -0.1) is 10.2 Å². The molecule has 146 valence electrons. The smallest absolute Gasteiger partial charge is 0.277 e. The first kappa shape index (κ1) is 19.9. The molecule has 27 heavy (non-hydrogen) atoms. The van der Waals surface area contributed by atoms with Crippen molar-refractivity contribution in [2.45, 2.75) is 31.5 Å². The van der Waals surface area contributed by atoms with Gasteiger partial charge >= 0.3 is 0 Å². The average Bonchev–Trinajstić information content (AvgIpc) is 3.24. The summed E-state index contributed by atoms with van der Waals surface area (Å²) in [5.41, 5.74) is 0.820. The topological polar surface area (TPSA) is 93.4 Å². The van der Waals surface area contributed by atoms with E-state index in [-0.39, 0.29) is 35.1 Å². The van der Waals surface area contributed by atoms with E-state index < -0.39 is 9.84 Å². The van der Waals surface area contributed by atoms with E-state index in [2.05, 4.69) is 10.2 Å². The predicted octanol–water partition coefficient (Wildman–Crippen LogP) is 2.50. The highest BCUT2D eigenvalue weighted by Gasteiger charge is 2.34. The molecule has 7 nitrogen and oxygen atoms in total. The van der Waals surface area contributed by atoms with Crippen LogP contribution in [-0.2, 0) is 14.6 Å². The van der Waals surface area contributed by atoms with Crippen LogP contribution >= 0.6 is 11.8 Å². The van der Waals surface area contributed by atoms with E-state index in [0.717, 1.165) is 5.56 Å². The van der Waals surface area contributed by atoms with Gasteiger partial charge in [-0.2, -0.15) is 0 Å². The monoisotopic (exact) mass is 409 g/mol. The SMILES string of the molecule is CC(C)CN(C(=O)CSc1nnc(-c2ccccc2)o1)[C@@H]1CCS(=O)(=O)C1. The summed E-state index contributed by atoms with van der Waals surface area (Å²) in [5.74, 6) is 0.905. The third-order valence-corrected chi connectivity index (χ3v) is 6.83. The molecule has 0 radical (unpaired) electrons. The second-order valence-corrected chi connectivity index (χ2v) is 10.2. The molecule has 0 bridgehead atoms. The number of carbonyl (C=O) groups excluding carboxylic acids is 1. The number of rotatable bonds is 7. The Bertz CT molecular complexity index is 881. The molecule has 0 saturated carbocycles. The summed E-state index contributed by atoms with van der Waals surface area (Å²) in [5, 5.41) is 8.32. The zero-order valence-electron chi connectivity index (χ0n) is 15.4. The average molecular weight is 410 g/mol. The van der Waals surface area contributed by atoms with Gasteiger partial charge in [-0.05, 0) is 24.5 Å². The van der Waals surface area contributed by atoms with Gasteiger partial charge < -0.3 is 9.32 Å². The molecule has 0 aliphatic carbocycles. The Labute approximate surface area is 163 Å². The number of benzene rings is 1. The van der Waals surface area contributed by atoms with E-state index in [9.17, 15) is 13.2 Å². The molecular weight excluding hydrogens is 386 g/mol. The summed E-state index contributed by atoms with van der Waals surface area (Å²) in [6, 6.07) is 9.18. The Kier molecular flexibility index (Phi) is 6.21. The van der Waals surface area contributed by atoms with Crippen molar-refractivity contribution in [2.24, 2.45) is 5.92 Å². The van der Waals surface area contributed by atoms with Crippen LogP contribution in [0.3, 0.4) is 0 Å². The Morgan fingerprint density at radius 2 is 2.04 bits per heavy atom. The number of amides is 1. The van der Waals surface area contributed by atoms with Gasteiger partial charge in [0.25, 0.3) is 5.22 Å². The van der Waals surface area contributed by atoms with E-state index in [1.165, 1.54) is 11.8 Å². The highest BCUT2D eigenvalue weighted by Crippen LogP contribution is 2.25. The van der Waals surface area contributed by atoms with Crippen molar-refractivity contribution in [1.82, 2.24) is 15.1 Å². The summed E-state index contributed by atoms with van der Waals surface area (Å²) in [6.45, 7) is 4.57. The van der Waals surface area contributed by atoms with Crippen LogP contribution in [0.5, 0.6) is 0 Å². The van der Waals surface area contributed by atoms with Crippen LogP contribution in [0.4, 0.5) is 0 Å². The lowest BCUT2D eigenvalue weighted by molar-refractivity contribution is -0.130. The normalized spacial score (nSPS) is 18.7. The van der Waals surface area contributed by atoms with Crippen LogP contribution < -0.4 is 0 Å². The van der Waals surface area contributed by atoms with Crippen molar-refractivity contribution >= 4 is 27.5 Å². The lowest BCUT2D eigenvalue weighted by Crippen LogP contribution is -2.44. The molecule has 1 fully saturated rings. The fourth-order valence-electron chi connectivity index (χ4n) is 3.04. The molecule has 9 heteroatoms. The number of hydrogen-bond donors (Lipinski definition) is 0. The molecule has 1 atom stereocenters. The van der Waals surface area contributed by atoms with Gasteiger partial charge in [0, 0.05) is 18.2 Å². The fourth-order valence-corrected chi connectivity index (χ4v) is 5.42. The van der Waals surface area contributed by atoms with Gasteiger partial charge in [0.15, 0.2) is 9.84 Å². The quantitative estimate of drug-likeness (QED) is 0.649. The standard InChI is InChI=1S/C18H23N3O4S2/c1-13(2)10-21(15-8-9-27(23,24)12-15)16(22)11-26-18-20-19-17(25-18)14-6-4-3-5-7-14/h3-7,13,15H,8-12H2,1-2H3/t15-/m1/s1. The van der Waals surface area contributed by atoms with E-state index in [1.807, 2.05) is 44.2 Å².